The van der Waals surface area contributed by atoms with Gasteiger partial charge in [0, 0.05) is 25.5 Å². The van der Waals surface area contributed by atoms with Crippen LogP contribution in [-0.2, 0) is 0 Å². The number of aliphatic hydroxyl groups is 1. The maximum absolute atomic E-state index is 8.68. The van der Waals surface area contributed by atoms with Gasteiger partial charge in [0.2, 0.25) is 5.96 Å². The van der Waals surface area contributed by atoms with Gasteiger partial charge in [-0.1, -0.05) is 13.3 Å². The Bertz CT molecular complexity index is 297. The third-order valence-electron chi connectivity index (χ3n) is 2.37. The molecule has 0 aromatic carbocycles. The van der Waals surface area contributed by atoms with Crippen LogP contribution < -0.4 is 5.32 Å². The molecule has 18 heavy (non-hydrogen) atoms. The summed E-state index contributed by atoms with van der Waals surface area (Å²) < 4.78 is 0. The monoisotopic (exact) mass is 254 g/mol. The standard InChI is InChI=1S/C13H26N4O/c1-5-8-9-17(7-3)13(15-6-2)16-12(4)10-14-11-18/h6,10,14,18H,5,7-9,11H2,1-4H3/b12-10+,15-6?,16-13?. The summed E-state index contributed by atoms with van der Waals surface area (Å²) in [6.07, 6.45) is 5.71. The van der Waals surface area contributed by atoms with E-state index in [-0.39, 0.29) is 6.73 Å². The molecule has 0 fully saturated rings. The number of rotatable bonds is 7. The molecule has 0 rings (SSSR count). The minimum Gasteiger partial charge on any atom is -0.377 e. The number of nitrogens with zero attached hydrogens (tertiary/aromatic N) is 3. The van der Waals surface area contributed by atoms with Crippen molar-refractivity contribution in [2.45, 2.75) is 40.5 Å². The summed E-state index contributed by atoms with van der Waals surface area (Å²) in [6, 6.07) is 0. The molecule has 0 radical (unpaired) electrons. The average molecular weight is 254 g/mol. The van der Waals surface area contributed by atoms with E-state index in [9.17, 15) is 0 Å². The summed E-state index contributed by atoms with van der Waals surface area (Å²) >= 11 is 0. The summed E-state index contributed by atoms with van der Waals surface area (Å²) in [5, 5.41) is 11.4. The first-order chi connectivity index (χ1) is 8.69. The second-order valence-electron chi connectivity index (χ2n) is 3.88. The number of hydrogen-bond donors (Lipinski definition) is 2. The van der Waals surface area contributed by atoms with Crippen molar-refractivity contribution < 1.29 is 5.11 Å². The fourth-order valence-electron chi connectivity index (χ4n) is 1.43. The molecule has 0 aromatic rings. The molecular weight excluding hydrogens is 228 g/mol. The van der Waals surface area contributed by atoms with Crippen molar-refractivity contribution in [1.82, 2.24) is 10.2 Å². The van der Waals surface area contributed by atoms with Gasteiger partial charge in [0.1, 0.15) is 6.73 Å². The van der Waals surface area contributed by atoms with Gasteiger partial charge >= 0.3 is 0 Å². The Morgan fingerprint density at radius 3 is 2.61 bits per heavy atom. The molecule has 0 aliphatic rings. The Balaban J connectivity index is 4.84. The van der Waals surface area contributed by atoms with Crippen molar-refractivity contribution in [3.05, 3.63) is 11.9 Å². The van der Waals surface area contributed by atoms with Crippen LogP contribution in [-0.4, -0.2) is 42.0 Å². The highest BCUT2D eigenvalue weighted by atomic mass is 16.3. The first-order valence-corrected chi connectivity index (χ1v) is 6.52. The largest absolute Gasteiger partial charge is 0.377 e. The van der Waals surface area contributed by atoms with Crippen LogP contribution in [0.3, 0.4) is 0 Å². The number of aliphatic imine (C=N–C) groups is 2. The van der Waals surface area contributed by atoms with Crippen LogP contribution in [0.2, 0.25) is 0 Å². The highest BCUT2D eigenvalue weighted by Gasteiger charge is 2.07. The molecule has 0 atom stereocenters. The van der Waals surface area contributed by atoms with Gasteiger partial charge in [0.25, 0.3) is 0 Å². The van der Waals surface area contributed by atoms with Crippen molar-refractivity contribution in [2.75, 3.05) is 19.8 Å². The van der Waals surface area contributed by atoms with Gasteiger partial charge in [-0.2, -0.15) is 0 Å². The minimum absolute atomic E-state index is 0.0907. The molecule has 5 heteroatoms. The van der Waals surface area contributed by atoms with E-state index in [1.54, 1.807) is 12.4 Å². The van der Waals surface area contributed by atoms with Gasteiger partial charge in [0.05, 0.1) is 5.70 Å². The topological polar surface area (TPSA) is 60.2 Å². The van der Waals surface area contributed by atoms with Crippen molar-refractivity contribution in [3.8, 4) is 0 Å². The summed E-state index contributed by atoms with van der Waals surface area (Å²) in [6.45, 7) is 9.79. The second-order valence-corrected chi connectivity index (χ2v) is 3.88. The molecule has 0 heterocycles. The molecule has 0 unspecified atom stereocenters. The lowest BCUT2D eigenvalue weighted by Crippen LogP contribution is -2.30. The van der Waals surface area contributed by atoms with Crippen molar-refractivity contribution in [2.24, 2.45) is 9.98 Å². The van der Waals surface area contributed by atoms with Crippen LogP contribution in [0.1, 0.15) is 40.5 Å². The summed E-state index contributed by atoms with van der Waals surface area (Å²) in [5.41, 5.74) is 0.791. The van der Waals surface area contributed by atoms with Gasteiger partial charge in [-0.3, -0.25) is 0 Å². The Hall–Kier alpha value is -1.36. The molecule has 2 N–H and O–H groups in total. The van der Waals surface area contributed by atoms with Crippen LogP contribution in [0.4, 0.5) is 0 Å². The summed E-state index contributed by atoms with van der Waals surface area (Å²) in [5.74, 6) is 0.724. The predicted octanol–water partition coefficient (Wildman–Crippen LogP) is 1.96. The Morgan fingerprint density at radius 1 is 1.39 bits per heavy atom. The van der Waals surface area contributed by atoms with Gasteiger partial charge in [-0.05, 0) is 27.2 Å². The molecule has 0 aliphatic heterocycles. The fourth-order valence-corrected chi connectivity index (χ4v) is 1.43. The maximum Gasteiger partial charge on any atom is 0.225 e. The van der Waals surface area contributed by atoms with E-state index in [0.717, 1.165) is 37.6 Å². The SMILES string of the molecule is CC=NC(=N/C(C)=C/NCO)N(CC)CCCC. The molecule has 0 aromatic heterocycles. The van der Waals surface area contributed by atoms with Crippen LogP contribution in [0.15, 0.2) is 21.9 Å². The lowest BCUT2D eigenvalue weighted by molar-refractivity contribution is 0.279. The lowest BCUT2D eigenvalue weighted by Gasteiger charge is -2.21. The Labute approximate surface area is 110 Å². The van der Waals surface area contributed by atoms with Crippen molar-refractivity contribution >= 4 is 12.2 Å². The number of guanidine groups is 1. The first kappa shape index (κ1) is 16.6. The third-order valence-corrected chi connectivity index (χ3v) is 2.37. The highest BCUT2D eigenvalue weighted by Crippen LogP contribution is 2.02. The van der Waals surface area contributed by atoms with Crippen LogP contribution >= 0.6 is 0 Å². The lowest BCUT2D eigenvalue weighted by atomic mass is 10.3. The molecule has 0 saturated carbocycles. The summed E-state index contributed by atoms with van der Waals surface area (Å²) in [7, 11) is 0. The van der Waals surface area contributed by atoms with E-state index in [4.69, 9.17) is 5.11 Å². The fraction of sp³-hybridized carbons (Fsp3) is 0.692. The molecule has 5 nitrogen and oxygen atoms in total. The second kappa shape index (κ2) is 10.8. The predicted molar refractivity (Wildman–Crippen MR) is 77.7 cm³/mol. The van der Waals surface area contributed by atoms with Crippen molar-refractivity contribution in [3.63, 3.8) is 0 Å². The number of allylic oxidation sites excluding steroid dienone is 1. The number of hydrogen-bond acceptors (Lipinski definition) is 3. The average Bonchev–Trinajstić information content (AvgIpc) is 2.37. The van der Waals surface area contributed by atoms with Crippen LogP contribution in [0.5, 0.6) is 0 Å². The van der Waals surface area contributed by atoms with Crippen LogP contribution in [0.25, 0.3) is 0 Å². The number of unbranched alkanes of at least 4 members (excludes halogenated alkanes) is 1. The van der Waals surface area contributed by atoms with Gasteiger partial charge in [-0.25, -0.2) is 9.98 Å². The smallest absolute Gasteiger partial charge is 0.225 e. The number of aliphatic hydroxyl groups excluding tert-OH is 1. The molecule has 0 spiro atoms. The quantitative estimate of drug-likeness (QED) is 0.415. The normalized spacial score (nSPS) is 13.2. The van der Waals surface area contributed by atoms with E-state index in [2.05, 4.69) is 34.0 Å². The molecule has 0 aliphatic carbocycles. The van der Waals surface area contributed by atoms with Gasteiger partial charge in [0.15, 0.2) is 0 Å². The number of nitrogens with one attached hydrogen (secondary N) is 1. The van der Waals surface area contributed by atoms with E-state index in [1.165, 1.54) is 0 Å². The zero-order valence-electron chi connectivity index (χ0n) is 12.0. The van der Waals surface area contributed by atoms with E-state index in [1.807, 2.05) is 13.8 Å². The third kappa shape index (κ3) is 7.06. The van der Waals surface area contributed by atoms with E-state index in [0.29, 0.717) is 0 Å². The Kier molecular flexibility index (Phi) is 9.96. The zero-order chi connectivity index (χ0) is 13.8. The van der Waals surface area contributed by atoms with Crippen LogP contribution in [0, 0.1) is 0 Å². The maximum atomic E-state index is 8.68. The minimum atomic E-state index is -0.0907. The molecular formula is C13H26N4O. The first-order valence-electron chi connectivity index (χ1n) is 6.52. The van der Waals surface area contributed by atoms with Crippen molar-refractivity contribution in [1.29, 1.82) is 0 Å². The molecule has 0 saturated heterocycles. The Morgan fingerprint density at radius 2 is 2.11 bits per heavy atom. The highest BCUT2D eigenvalue weighted by molar-refractivity contribution is 5.87. The molecule has 0 amide bonds. The summed E-state index contributed by atoms with van der Waals surface area (Å²) in [4.78, 5) is 10.9. The van der Waals surface area contributed by atoms with E-state index < -0.39 is 0 Å². The molecule has 0 bridgehead atoms. The van der Waals surface area contributed by atoms with Gasteiger partial charge < -0.3 is 15.3 Å². The van der Waals surface area contributed by atoms with Gasteiger partial charge in [-0.15, -0.1) is 0 Å². The zero-order valence-corrected chi connectivity index (χ0v) is 12.0. The van der Waals surface area contributed by atoms with E-state index >= 15 is 0 Å². The molecule has 104 valence electrons.